The highest BCUT2D eigenvalue weighted by atomic mass is 16.5. The van der Waals surface area contributed by atoms with Gasteiger partial charge in [-0.3, -0.25) is 9.59 Å². The first-order chi connectivity index (χ1) is 13.1. The van der Waals surface area contributed by atoms with Gasteiger partial charge in [0.2, 0.25) is 11.8 Å². The van der Waals surface area contributed by atoms with Crippen LogP contribution in [0.3, 0.4) is 0 Å². The summed E-state index contributed by atoms with van der Waals surface area (Å²) in [6.07, 6.45) is 1.94. The number of carbonyl (C=O) groups excluding carboxylic acids is 2. The van der Waals surface area contributed by atoms with Gasteiger partial charge >= 0.3 is 0 Å². The molecular weight excluding hydrogens is 342 g/mol. The average molecular weight is 367 g/mol. The first-order valence-corrected chi connectivity index (χ1v) is 9.11. The quantitative estimate of drug-likeness (QED) is 0.670. The number of hydrogen-bond donors (Lipinski definition) is 3. The van der Waals surface area contributed by atoms with Crippen LogP contribution in [0.2, 0.25) is 0 Å². The van der Waals surface area contributed by atoms with E-state index in [4.69, 9.17) is 4.74 Å². The molecule has 0 bridgehead atoms. The maximum absolute atomic E-state index is 12.1. The van der Waals surface area contributed by atoms with Crippen molar-refractivity contribution in [2.24, 2.45) is 5.92 Å². The third kappa shape index (κ3) is 5.23. The predicted octanol–water partition coefficient (Wildman–Crippen LogP) is 3.08. The number of methoxy groups -OCH3 is 1. The molecule has 142 valence electrons. The van der Waals surface area contributed by atoms with E-state index in [0.717, 1.165) is 41.1 Å². The van der Waals surface area contributed by atoms with Gasteiger partial charge in [-0.15, -0.1) is 0 Å². The van der Waals surface area contributed by atoms with E-state index in [-0.39, 0.29) is 24.3 Å². The minimum Gasteiger partial charge on any atom is -0.497 e. The van der Waals surface area contributed by atoms with Crippen molar-refractivity contribution in [3.8, 4) is 5.75 Å². The van der Waals surface area contributed by atoms with Crippen LogP contribution in [0, 0.1) is 12.8 Å². The molecule has 2 aromatic rings. The highest BCUT2D eigenvalue weighted by molar-refractivity contribution is 5.95. The second kappa shape index (κ2) is 8.58. The molecule has 0 heterocycles. The molecule has 2 amide bonds. The van der Waals surface area contributed by atoms with E-state index >= 15 is 0 Å². The summed E-state index contributed by atoms with van der Waals surface area (Å²) in [7, 11) is 1.62. The van der Waals surface area contributed by atoms with Crippen molar-refractivity contribution >= 4 is 23.2 Å². The molecule has 6 heteroatoms. The second-order valence-corrected chi connectivity index (χ2v) is 6.72. The van der Waals surface area contributed by atoms with Gasteiger partial charge in [0.1, 0.15) is 5.75 Å². The minimum absolute atomic E-state index is 0.0764. The predicted molar refractivity (Wildman–Crippen MR) is 106 cm³/mol. The van der Waals surface area contributed by atoms with Gasteiger partial charge in [0.05, 0.1) is 13.7 Å². The fourth-order valence-corrected chi connectivity index (χ4v) is 2.72. The van der Waals surface area contributed by atoms with Crippen LogP contribution < -0.4 is 20.7 Å². The van der Waals surface area contributed by atoms with Gasteiger partial charge in [-0.1, -0.05) is 18.2 Å². The fraction of sp³-hybridized carbons (Fsp3) is 0.333. The Hall–Kier alpha value is -3.02. The van der Waals surface area contributed by atoms with Crippen LogP contribution >= 0.6 is 0 Å². The molecule has 1 saturated carbocycles. The Morgan fingerprint density at radius 1 is 1.07 bits per heavy atom. The summed E-state index contributed by atoms with van der Waals surface area (Å²) < 4.78 is 5.12. The number of nitrogens with one attached hydrogen (secondary N) is 3. The van der Waals surface area contributed by atoms with E-state index in [1.165, 1.54) is 0 Å². The average Bonchev–Trinajstić information content (AvgIpc) is 3.53. The zero-order valence-electron chi connectivity index (χ0n) is 15.7. The van der Waals surface area contributed by atoms with Crippen molar-refractivity contribution in [2.45, 2.75) is 26.3 Å². The summed E-state index contributed by atoms with van der Waals surface area (Å²) in [5, 5.41) is 8.99. The molecule has 0 spiro atoms. The second-order valence-electron chi connectivity index (χ2n) is 6.72. The molecule has 1 aliphatic rings. The third-order valence-corrected chi connectivity index (χ3v) is 4.63. The molecule has 3 N–H and O–H groups in total. The maximum Gasteiger partial charge on any atom is 0.239 e. The van der Waals surface area contributed by atoms with Crippen LogP contribution in [-0.2, 0) is 16.1 Å². The zero-order valence-corrected chi connectivity index (χ0v) is 15.7. The Bertz CT molecular complexity index is 814. The number of benzene rings is 2. The molecule has 3 rings (SSSR count). The van der Waals surface area contributed by atoms with Crippen LogP contribution in [-0.4, -0.2) is 25.5 Å². The smallest absolute Gasteiger partial charge is 0.239 e. The van der Waals surface area contributed by atoms with Crippen molar-refractivity contribution in [1.29, 1.82) is 0 Å². The SMILES string of the molecule is COc1ccc(CNC(=O)CNc2cccc(NC(=O)C3CC3)c2C)cc1. The molecule has 27 heavy (non-hydrogen) atoms. The van der Waals surface area contributed by atoms with Crippen LogP contribution in [0.4, 0.5) is 11.4 Å². The molecule has 0 unspecified atom stereocenters. The lowest BCUT2D eigenvalue weighted by atomic mass is 10.1. The largest absolute Gasteiger partial charge is 0.497 e. The summed E-state index contributed by atoms with van der Waals surface area (Å²) in [4.78, 5) is 24.1. The molecule has 1 aliphatic carbocycles. The Kier molecular flexibility index (Phi) is 5.96. The van der Waals surface area contributed by atoms with Crippen LogP contribution in [0.5, 0.6) is 5.75 Å². The Morgan fingerprint density at radius 2 is 1.78 bits per heavy atom. The van der Waals surface area contributed by atoms with Gasteiger partial charge in [-0.25, -0.2) is 0 Å². The van der Waals surface area contributed by atoms with Crippen LogP contribution in [0.25, 0.3) is 0 Å². The number of hydrogen-bond acceptors (Lipinski definition) is 4. The van der Waals surface area contributed by atoms with E-state index in [0.29, 0.717) is 6.54 Å². The molecule has 0 saturated heterocycles. The summed E-state index contributed by atoms with van der Waals surface area (Å²) in [6.45, 7) is 2.55. The van der Waals surface area contributed by atoms with Gasteiger partial charge in [0, 0.05) is 23.8 Å². The molecule has 0 aromatic heterocycles. The fourth-order valence-electron chi connectivity index (χ4n) is 2.72. The maximum atomic E-state index is 12.1. The number of carbonyl (C=O) groups is 2. The Labute approximate surface area is 159 Å². The first kappa shape index (κ1) is 18.8. The summed E-state index contributed by atoms with van der Waals surface area (Å²) in [6, 6.07) is 13.2. The topological polar surface area (TPSA) is 79.5 Å². The summed E-state index contributed by atoms with van der Waals surface area (Å²) >= 11 is 0. The lowest BCUT2D eigenvalue weighted by Gasteiger charge is -2.14. The van der Waals surface area contributed by atoms with Gasteiger partial charge < -0.3 is 20.7 Å². The van der Waals surface area contributed by atoms with Crippen molar-refractivity contribution in [2.75, 3.05) is 24.3 Å². The van der Waals surface area contributed by atoms with Crippen molar-refractivity contribution in [1.82, 2.24) is 5.32 Å². The Morgan fingerprint density at radius 3 is 2.44 bits per heavy atom. The molecule has 1 fully saturated rings. The summed E-state index contributed by atoms with van der Waals surface area (Å²) in [5.41, 5.74) is 3.55. The number of amides is 2. The normalized spacial score (nSPS) is 13.0. The molecule has 2 aromatic carbocycles. The van der Waals surface area contributed by atoms with E-state index in [1.807, 2.05) is 49.4 Å². The van der Waals surface area contributed by atoms with Gasteiger partial charge in [0.25, 0.3) is 0 Å². The molecular formula is C21H25N3O3. The molecule has 0 radical (unpaired) electrons. The van der Waals surface area contributed by atoms with Crippen molar-refractivity contribution < 1.29 is 14.3 Å². The van der Waals surface area contributed by atoms with E-state index < -0.39 is 0 Å². The molecule has 0 atom stereocenters. The number of rotatable bonds is 8. The highest BCUT2D eigenvalue weighted by Crippen LogP contribution is 2.31. The molecule has 0 aliphatic heterocycles. The molecule has 6 nitrogen and oxygen atoms in total. The number of anilines is 2. The summed E-state index contributed by atoms with van der Waals surface area (Å²) in [5.74, 6) is 0.922. The third-order valence-electron chi connectivity index (χ3n) is 4.63. The van der Waals surface area contributed by atoms with Crippen molar-refractivity contribution in [3.63, 3.8) is 0 Å². The lowest BCUT2D eigenvalue weighted by molar-refractivity contribution is -0.119. The minimum atomic E-state index is -0.0994. The standard InChI is InChI=1S/C21H25N3O3/c1-14-18(4-3-5-19(14)24-21(26)16-8-9-16)22-13-20(25)23-12-15-6-10-17(27-2)11-7-15/h3-7,10-11,16,22H,8-9,12-13H2,1-2H3,(H,23,25)(H,24,26). The lowest BCUT2D eigenvalue weighted by Crippen LogP contribution is -2.29. The highest BCUT2D eigenvalue weighted by Gasteiger charge is 2.29. The van der Waals surface area contributed by atoms with Crippen molar-refractivity contribution in [3.05, 3.63) is 53.6 Å². The van der Waals surface area contributed by atoms with E-state index in [1.54, 1.807) is 7.11 Å². The van der Waals surface area contributed by atoms with Gasteiger partial charge in [0.15, 0.2) is 0 Å². The van der Waals surface area contributed by atoms with Crippen LogP contribution in [0.1, 0.15) is 24.0 Å². The monoisotopic (exact) mass is 367 g/mol. The zero-order chi connectivity index (χ0) is 19.2. The number of ether oxygens (including phenoxy) is 1. The van der Waals surface area contributed by atoms with E-state index in [9.17, 15) is 9.59 Å². The first-order valence-electron chi connectivity index (χ1n) is 9.11. The van der Waals surface area contributed by atoms with Crippen LogP contribution in [0.15, 0.2) is 42.5 Å². The van der Waals surface area contributed by atoms with E-state index in [2.05, 4.69) is 16.0 Å². The van der Waals surface area contributed by atoms with Gasteiger partial charge in [-0.05, 0) is 55.2 Å². The Balaban J connectivity index is 1.49. The van der Waals surface area contributed by atoms with Gasteiger partial charge in [-0.2, -0.15) is 0 Å².